The SMILES string of the molecule is Cc1ccccc1C(=O)COc1ccccc1C(C)C. The van der Waals surface area contributed by atoms with Gasteiger partial charge >= 0.3 is 0 Å². The fourth-order valence-electron chi connectivity index (χ4n) is 2.20. The van der Waals surface area contributed by atoms with Gasteiger partial charge in [-0.2, -0.15) is 0 Å². The van der Waals surface area contributed by atoms with Crippen LogP contribution in [-0.4, -0.2) is 12.4 Å². The summed E-state index contributed by atoms with van der Waals surface area (Å²) >= 11 is 0. The van der Waals surface area contributed by atoms with Crippen LogP contribution in [0, 0.1) is 6.92 Å². The van der Waals surface area contributed by atoms with Crippen molar-refractivity contribution in [3.63, 3.8) is 0 Å². The van der Waals surface area contributed by atoms with Crippen molar-refractivity contribution >= 4 is 5.78 Å². The Balaban J connectivity index is 2.10. The molecule has 0 aliphatic rings. The molecule has 0 unspecified atom stereocenters. The molecule has 2 nitrogen and oxygen atoms in total. The van der Waals surface area contributed by atoms with Crippen molar-refractivity contribution < 1.29 is 9.53 Å². The molecule has 0 saturated carbocycles. The van der Waals surface area contributed by atoms with Crippen LogP contribution in [0.2, 0.25) is 0 Å². The van der Waals surface area contributed by atoms with Gasteiger partial charge in [-0.3, -0.25) is 4.79 Å². The van der Waals surface area contributed by atoms with Crippen LogP contribution in [0.3, 0.4) is 0 Å². The van der Waals surface area contributed by atoms with E-state index in [2.05, 4.69) is 13.8 Å². The van der Waals surface area contributed by atoms with Gasteiger partial charge in [0.25, 0.3) is 0 Å². The molecule has 0 bridgehead atoms. The number of carbonyl (C=O) groups excluding carboxylic acids is 1. The molecule has 0 fully saturated rings. The van der Waals surface area contributed by atoms with Gasteiger partial charge in [0.15, 0.2) is 12.4 Å². The van der Waals surface area contributed by atoms with Crippen molar-refractivity contribution in [3.05, 3.63) is 65.2 Å². The highest BCUT2D eigenvalue weighted by Gasteiger charge is 2.11. The van der Waals surface area contributed by atoms with E-state index in [4.69, 9.17) is 4.74 Å². The van der Waals surface area contributed by atoms with Gasteiger partial charge in [-0.1, -0.05) is 56.3 Å². The zero-order chi connectivity index (χ0) is 14.5. The maximum atomic E-state index is 12.2. The molecule has 20 heavy (non-hydrogen) atoms. The van der Waals surface area contributed by atoms with Crippen LogP contribution >= 0.6 is 0 Å². The van der Waals surface area contributed by atoms with Crippen molar-refractivity contribution in [1.82, 2.24) is 0 Å². The van der Waals surface area contributed by atoms with Crippen LogP contribution in [0.25, 0.3) is 0 Å². The summed E-state index contributed by atoms with van der Waals surface area (Å²) in [6.07, 6.45) is 0. The predicted octanol–water partition coefficient (Wildman–Crippen LogP) is 4.38. The second kappa shape index (κ2) is 6.38. The fraction of sp³-hybridized carbons (Fsp3) is 0.278. The number of benzene rings is 2. The molecular formula is C18H20O2. The monoisotopic (exact) mass is 268 g/mol. The summed E-state index contributed by atoms with van der Waals surface area (Å²) in [6.45, 7) is 6.25. The van der Waals surface area contributed by atoms with Gasteiger partial charge in [-0.05, 0) is 30.0 Å². The lowest BCUT2D eigenvalue weighted by Gasteiger charge is -2.13. The van der Waals surface area contributed by atoms with Crippen molar-refractivity contribution in [3.8, 4) is 5.75 Å². The van der Waals surface area contributed by atoms with E-state index in [0.29, 0.717) is 5.92 Å². The molecule has 2 aromatic rings. The Labute approximate surface area is 120 Å². The first-order valence-corrected chi connectivity index (χ1v) is 6.90. The molecule has 0 radical (unpaired) electrons. The third-order valence-corrected chi connectivity index (χ3v) is 3.35. The summed E-state index contributed by atoms with van der Waals surface area (Å²) in [7, 11) is 0. The van der Waals surface area contributed by atoms with Crippen LogP contribution in [0.5, 0.6) is 5.75 Å². The van der Waals surface area contributed by atoms with Crippen molar-refractivity contribution in [2.75, 3.05) is 6.61 Å². The summed E-state index contributed by atoms with van der Waals surface area (Å²) in [6, 6.07) is 15.5. The second-order valence-corrected chi connectivity index (χ2v) is 5.22. The zero-order valence-electron chi connectivity index (χ0n) is 12.2. The molecular weight excluding hydrogens is 248 g/mol. The molecule has 0 amide bonds. The summed E-state index contributed by atoms with van der Waals surface area (Å²) in [4.78, 5) is 12.2. The van der Waals surface area contributed by atoms with E-state index in [0.717, 1.165) is 22.4 Å². The average Bonchev–Trinajstić information content (AvgIpc) is 2.45. The first kappa shape index (κ1) is 14.3. The molecule has 2 aromatic carbocycles. The molecule has 0 spiro atoms. The van der Waals surface area contributed by atoms with Crippen molar-refractivity contribution in [2.24, 2.45) is 0 Å². The Hall–Kier alpha value is -2.09. The molecule has 0 saturated heterocycles. The largest absolute Gasteiger partial charge is 0.485 e. The van der Waals surface area contributed by atoms with Crippen LogP contribution in [0.4, 0.5) is 0 Å². The van der Waals surface area contributed by atoms with Gasteiger partial charge in [0.1, 0.15) is 5.75 Å². The maximum Gasteiger partial charge on any atom is 0.200 e. The number of ketones is 1. The molecule has 0 aromatic heterocycles. The molecule has 2 rings (SSSR count). The van der Waals surface area contributed by atoms with Crippen molar-refractivity contribution in [2.45, 2.75) is 26.7 Å². The van der Waals surface area contributed by atoms with E-state index < -0.39 is 0 Å². The van der Waals surface area contributed by atoms with Gasteiger partial charge in [0, 0.05) is 5.56 Å². The predicted molar refractivity (Wildman–Crippen MR) is 81.5 cm³/mol. The van der Waals surface area contributed by atoms with Crippen LogP contribution in [0.15, 0.2) is 48.5 Å². The topological polar surface area (TPSA) is 26.3 Å². The lowest BCUT2D eigenvalue weighted by Crippen LogP contribution is -2.13. The number of ether oxygens (including phenoxy) is 1. The number of rotatable bonds is 5. The van der Waals surface area contributed by atoms with E-state index in [-0.39, 0.29) is 12.4 Å². The van der Waals surface area contributed by atoms with E-state index >= 15 is 0 Å². The quantitative estimate of drug-likeness (QED) is 0.752. The second-order valence-electron chi connectivity index (χ2n) is 5.22. The third kappa shape index (κ3) is 3.27. The Morgan fingerprint density at radius 2 is 1.70 bits per heavy atom. The smallest absolute Gasteiger partial charge is 0.200 e. The van der Waals surface area contributed by atoms with Crippen molar-refractivity contribution in [1.29, 1.82) is 0 Å². The van der Waals surface area contributed by atoms with E-state index in [1.165, 1.54) is 0 Å². The molecule has 104 valence electrons. The van der Waals surface area contributed by atoms with Gasteiger partial charge in [0.2, 0.25) is 0 Å². The average molecular weight is 268 g/mol. The minimum atomic E-state index is 0.0154. The number of hydrogen-bond acceptors (Lipinski definition) is 2. The number of para-hydroxylation sites is 1. The standard InChI is InChI=1S/C18H20O2/c1-13(2)15-9-6-7-11-18(15)20-12-17(19)16-10-5-4-8-14(16)3/h4-11,13H,12H2,1-3H3. The maximum absolute atomic E-state index is 12.2. The minimum absolute atomic E-state index is 0.0154. The molecule has 0 aliphatic heterocycles. The molecule has 2 heteroatoms. The number of carbonyl (C=O) groups is 1. The zero-order valence-corrected chi connectivity index (χ0v) is 12.2. The fourth-order valence-corrected chi connectivity index (χ4v) is 2.20. The van der Waals surface area contributed by atoms with Gasteiger partial charge in [-0.15, -0.1) is 0 Å². The van der Waals surface area contributed by atoms with Gasteiger partial charge in [0.05, 0.1) is 0 Å². The molecule has 0 heterocycles. The Kier molecular flexibility index (Phi) is 4.57. The summed E-state index contributed by atoms with van der Waals surface area (Å²) in [5, 5.41) is 0. The normalized spacial score (nSPS) is 10.6. The van der Waals surface area contributed by atoms with Crippen LogP contribution < -0.4 is 4.74 Å². The number of Topliss-reactive ketones (excluding diaryl/α,β-unsaturated/α-hetero) is 1. The highest BCUT2D eigenvalue weighted by molar-refractivity contribution is 5.98. The molecule has 0 N–H and O–H groups in total. The highest BCUT2D eigenvalue weighted by atomic mass is 16.5. The lowest BCUT2D eigenvalue weighted by atomic mass is 10.0. The molecule has 0 aliphatic carbocycles. The first-order valence-electron chi connectivity index (χ1n) is 6.90. The number of aryl methyl sites for hydroxylation is 1. The van der Waals surface area contributed by atoms with Crippen LogP contribution in [0.1, 0.15) is 41.3 Å². The van der Waals surface area contributed by atoms with E-state index in [9.17, 15) is 4.79 Å². The lowest BCUT2D eigenvalue weighted by molar-refractivity contribution is 0.0920. The first-order chi connectivity index (χ1) is 9.59. The summed E-state index contributed by atoms with van der Waals surface area (Å²) in [5.74, 6) is 1.19. The number of hydrogen-bond donors (Lipinski definition) is 0. The summed E-state index contributed by atoms with van der Waals surface area (Å²) in [5.41, 5.74) is 2.85. The van der Waals surface area contributed by atoms with E-state index in [1.807, 2.05) is 55.5 Å². The summed E-state index contributed by atoms with van der Waals surface area (Å²) < 4.78 is 5.72. The Morgan fingerprint density at radius 3 is 2.40 bits per heavy atom. The Bertz CT molecular complexity index is 600. The van der Waals surface area contributed by atoms with Gasteiger partial charge in [-0.25, -0.2) is 0 Å². The minimum Gasteiger partial charge on any atom is -0.485 e. The van der Waals surface area contributed by atoms with Gasteiger partial charge < -0.3 is 4.74 Å². The Morgan fingerprint density at radius 1 is 1.05 bits per heavy atom. The molecule has 0 atom stereocenters. The highest BCUT2D eigenvalue weighted by Crippen LogP contribution is 2.26. The third-order valence-electron chi connectivity index (χ3n) is 3.35. The van der Waals surface area contributed by atoms with E-state index in [1.54, 1.807) is 0 Å². The van der Waals surface area contributed by atoms with Crippen LogP contribution in [-0.2, 0) is 0 Å².